The highest BCUT2D eigenvalue weighted by Crippen LogP contribution is 2.16. The van der Waals surface area contributed by atoms with Gasteiger partial charge in [-0.05, 0) is 32.2 Å². The molecule has 1 fully saturated rings. The second kappa shape index (κ2) is 9.32. The van der Waals surface area contributed by atoms with E-state index in [0.717, 1.165) is 26.1 Å². The van der Waals surface area contributed by atoms with Crippen molar-refractivity contribution < 1.29 is 9.53 Å². The summed E-state index contributed by atoms with van der Waals surface area (Å²) in [5, 5.41) is 6.57. The summed E-state index contributed by atoms with van der Waals surface area (Å²) in [7, 11) is 1.65. The predicted octanol–water partition coefficient (Wildman–Crippen LogP) is 0.848. The number of nitrogens with zero attached hydrogens (tertiary/aromatic N) is 1. The topological polar surface area (TPSA) is 53.6 Å². The fraction of sp³-hybridized carbons (Fsp3) is 0.933. The Balaban J connectivity index is 2.27. The molecule has 5 heteroatoms. The van der Waals surface area contributed by atoms with Crippen LogP contribution in [0.25, 0.3) is 0 Å². The normalized spacial score (nSPS) is 25.4. The lowest BCUT2D eigenvalue weighted by Gasteiger charge is -2.37. The molecule has 1 saturated heterocycles. The van der Waals surface area contributed by atoms with Gasteiger partial charge in [0.15, 0.2) is 0 Å². The summed E-state index contributed by atoms with van der Waals surface area (Å²) in [6.07, 6.45) is 2.30. The maximum atomic E-state index is 11.9. The number of ether oxygens (including phenoxy) is 1. The van der Waals surface area contributed by atoms with Gasteiger partial charge in [-0.3, -0.25) is 9.69 Å². The average Bonchev–Trinajstić information content (AvgIpc) is 2.37. The second-order valence-electron chi connectivity index (χ2n) is 5.99. The summed E-state index contributed by atoms with van der Waals surface area (Å²) >= 11 is 0. The maximum absolute atomic E-state index is 11.9. The third kappa shape index (κ3) is 6.20. The van der Waals surface area contributed by atoms with Gasteiger partial charge in [-0.2, -0.15) is 0 Å². The van der Waals surface area contributed by atoms with Crippen molar-refractivity contribution in [3.63, 3.8) is 0 Å². The van der Waals surface area contributed by atoms with E-state index in [4.69, 9.17) is 4.74 Å². The van der Waals surface area contributed by atoms with Crippen LogP contribution in [0.2, 0.25) is 0 Å². The Kier molecular flexibility index (Phi) is 8.11. The van der Waals surface area contributed by atoms with Crippen molar-refractivity contribution in [2.75, 3.05) is 39.9 Å². The van der Waals surface area contributed by atoms with Gasteiger partial charge >= 0.3 is 0 Å². The summed E-state index contributed by atoms with van der Waals surface area (Å²) in [5.41, 5.74) is 0. The molecule has 20 heavy (non-hydrogen) atoms. The molecule has 3 unspecified atom stereocenters. The van der Waals surface area contributed by atoms with Gasteiger partial charge in [-0.1, -0.05) is 13.8 Å². The smallest absolute Gasteiger partial charge is 0.234 e. The minimum atomic E-state index is 0.0775. The van der Waals surface area contributed by atoms with Crippen LogP contribution in [0, 0.1) is 5.92 Å². The van der Waals surface area contributed by atoms with Crippen LogP contribution in [0.4, 0.5) is 0 Å². The quantitative estimate of drug-likeness (QED) is 0.694. The highest BCUT2D eigenvalue weighted by Gasteiger charge is 2.26. The summed E-state index contributed by atoms with van der Waals surface area (Å²) in [4.78, 5) is 14.2. The van der Waals surface area contributed by atoms with Crippen LogP contribution in [-0.2, 0) is 9.53 Å². The molecule has 3 atom stereocenters. The third-order valence-electron chi connectivity index (χ3n) is 3.84. The average molecular weight is 285 g/mol. The fourth-order valence-corrected chi connectivity index (χ4v) is 2.82. The van der Waals surface area contributed by atoms with Gasteiger partial charge in [0, 0.05) is 32.3 Å². The Morgan fingerprint density at radius 1 is 1.50 bits per heavy atom. The van der Waals surface area contributed by atoms with Gasteiger partial charge in [0.25, 0.3) is 0 Å². The molecule has 1 heterocycles. The molecule has 1 amide bonds. The molecule has 0 radical (unpaired) electrons. The Hall–Kier alpha value is -0.650. The van der Waals surface area contributed by atoms with E-state index in [1.54, 1.807) is 7.11 Å². The van der Waals surface area contributed by atoms with Gasteiger partial charge in [0.1, 0.15) is 0 Å². The van der Waals surface area contributed by atoms with Crippen LogP contribution in [-0.4, -0.2) is 62.8 Å². The van der Waals surface area contributed by atoms with Crippen molar-refractivity contribution in [2.45, 2.75) is 45.7 Å². The summed E-state index contributed by atoms with van der Waals surface area (Å²) < 4.78 is 5.03. The van der Waals surface area contributed by atoms with Crippen molar-refractivity contribution >= 4 is 5.91 Å². The van der Waals surface area contributed by atoms with Gasteiger partial charge < -0.3 is 15.4 Å². The third-order valence-corrected chi connectivity index (χ3v) is 3.84. The van der Waals surface area contributed by atoms with Crippen molar-refractivity contribution in [1.82, 2.24) is 15.5 Å². The van der Waals surface area contributed by atoms with Gasteiger partial charge in [0.05, 0.1) is 13.2 Å². The van der Waals surface area contributed by atoms with Crippen LogP contribution in [0.1, 0.15) is 33.6 Å². The molecule has 1 aliphatic heterocycles. The van der Waals surface area contributed by atoms with E-state index in [1.165, 1.54) is 6.42 Å². The number of piperidine rings is 1. The lowest BCUT2D eigenvalue weighted by molar-refractivity contribution is -0.123. The van der Waals surface area contributed by atoms with E-state index in [0.29, 0.717) is 25.1 Å². The zero-order valence-electron chi connectivity index (χ0n) is 13.4. The van der Waals surface area contributed by atoms with Crippen LogP contribution in [0.3, 0.4) is 0 Å². The highest BCUT2D eigenvalue weighted by molar-refractivity contribution is 5.78. The Morgan fingerprint density at radius 3 is 2.85 bits per heavy atom. The van der Waals surface area contributed by atoms with Crippen LogP contribution >= 0.6 is 0 Å². The van der Waals surface area contributed by atoms with Crippen molar-refractivity contribution in [3.05, 3.63) is 0 Å². The summed E-state index contributed by atoms with van der Waals surface area (Å²) in [5.74, 6) is 0.696. The van der Waals surface area contributed by atoms with E-state index < -0.39 is 0 Å². The molecule has 5 nitrogen and oxygen atoms in total. The SMILES string of the molecule is CCCNC1CCN(CC(=O)NC(C)COC)CC1C. The number of methoxy groups -OCH3 is 1. The molecule has 1 aliphatic rings. The Labute approximate surface area is 123 Å². The van der Waals surface area contributed by atoms with Crippen molar-refractivity contribution in [3.8, 4) is 0 Å². The molecular formula is C15H31N3O2. The van der Waals surface area contributed by atoms with Gasteiger partial charge in [-0.15, -0.1) is 0 Å². The van der Waals surface area contributed by atoms with E-state index in [1.807, 2.05) is 6.92 Å². The minimum absolute atomic E-state index is 0.0775. The Morgan fingerprint density at radius 2 is 2.25 bits per heavy atom. The molecular weight excluding hydrogens is 254 g/mol. The summed E-state index contributed by atoms with van der Waals surface area (Å²) in [6.45, 7) is 10.6. The zero-order chi connectivity index (χ0) is 15.0. The lowest BCUT2D eigenvalue weighted by atomic mass is 9.93. The number of likely N-dealkylation sites (tertiary alicyclic amines) is 1. The van der Waals surface area contributed by atoms with E-state index in [2.05, 4.69) is 29.4 Å². The largest absolute Gasteiger partial charge is 0.383 e. The maximum Gasteiger partial charge on any atom is 0.234 e. The summed E-state index contributed by atoms with van der Waals surface area (Å²) in [6, 6.07) is 0.676. The second-order valence-corrected chi connectivity index (χ2v) is 5.99. The molecule has 0 aromatic rings. The first kappa shape index (κ1) is 17.4. The van der Waals surface area contributed by atoms with Gasteiger partial charge in [-0.25, -0.2) is 0 Å². The standard InChI is InChI=1S/C15H31N3O2/c1-5-7-16-14-6-8-18(9-12(14)2)10-15(19)17-13(3)11-20-4/h12-14,16H,5-11H2,1-4H3,(H,17,19). The van der Waals surface area contributed by atoms with E-state index in [-0.39, 0.29) is 11.9 Å². The molecule has 0 spiro atoms. The number of carbonyl (C=O) groups is 1. The number of hydrogen-bond donors (Lipinski definition) is 2. The molecule has 0 aliphatic carbocycles. The minimum Gasteiger partial charge on any atom is -0.383 e. The zero-order valence-corrected chi connectivity index (χ0v) is 13.4. The van der Waals surface area contributed by atoms with Crippen LogP contribution in [0.15, 0.2) is 0 Å². The molecule has 0 aromatic heterocycles. The number of amides is 1. The van der Waals surface area contributed by atoms with E-state index in [9.17, 15) is 4.79 Å². The van der Waals surface area contributed by atoms with Crippen LogP contribution in [0.5, 0.6) is 0 Å². The molecule has 0 bridgehead atoms. The Bertz CT molecular complexity index is 286. The molecule has 118 valence electrons. The van der Waals surface area contributed by atoms with E-state index >= 15 is 0 Å². The van der Waals surface area contributed by atoms with Crippen LogP contribution < -0.4 is 10.6 Å². The lowest BCUT2D eigenvalue weighted by Crippen LogP contribution is -2.51. The number of rotatable bonds is 8. The predicted molar refractivity (Wildman–Crippen MR) is 81.8 cm³/mol. The van der Waals surface area contributed by atoms with Crippen molar-refractivity contribution in [1.29, 1.82) is 0 Å². The molecule has 0 aromatic carbocycles. The first-order chi connectivity index (χ1) is 9.56. The number of carbonyl (C=O) groups excluding carboxylic acids is 1. The fourth-order valence-electron chi connectivity index (χ4n) is 2.82. The van der Waals surface area contributed by atoms with Crippen molar-refractivity contribution in [2.24, 2.45) is 5.92 Å². The molecule has 1 rings (SSSR count). The highest BCUT2D eigenvalue weighted by atomic mass is 16.5. The first-order valence-electron chi connectivity index (χ1n) is 7.80. The van der Waals surface area contributed by atoms with Gasteiger partial charge in [0.2, 0.25) is 5.91 Å². The monoisotopic (exact) mass is 285 g/mol. The first-order valence-corrected chi connectivity index (χ1v) is 7.80. The molecule has 0 saturated carbocycles. The number of nitrogens with one attached hydrogen (secondary N) is 2. The molecule has 2 N–H and O–H groups in total. The number of hydrogen-bond acceptors (Lipinski definition) is 4.